The highest BCUT2D eigenvalue weighted by atomic mass is 32.2. The topological polar surface area (TPSA) is 18.5 Å². The molecule has 4 aromatic carbocycles. The van der Waals surface area contributed by atoms with Gasteiger partial charge in [-0.05, 0) is 70.5 Å². The molecule has 0 aromatic heterocycles. The molecule has 186 valence electrons. The molecule has 0 bridgehead atoms. The van der Waals surface area contributed by atoms with E-state index in [2.05, 4.69) is 98.8 Å². The Bertz CT molecular complexity index is 1370. The van der Waals surface area contributed by atoms with Crippen molar-refractivity contribution in [3.8, 4) is 22.6 Å². The highest BCUT2D eigenvalue weighted by molar-refractivity contribution is 8.07. The molecule has 4 heteroatoms. The summed E-state index contributed by atoms with van der Waals surface area (Å²) in [6.45, 7) is 5.94. The second kappa shape index (κ2) is 9.18. The van der Waals surface area contributed by atoms with Crippen molar-refractivity contribution in [3.05, 3.63) is 118 Å². The Hall–Kier alpha value is -2.82. The number of thioether (sulfide) groups is 2. The maximum Gasteiger partial charge on any atom is 0.122 e. The lowest BCUT2D eigenvalue weighted by molar-refractivity contribution is 0.327. The van der Waals surface area contributed by atoms with E-state index in [0.717, 1.165) is 24.7 Å². The summed E-state index contributed by atoms with van der Waals surface area (Å²) in [7, 11) is 0. The Labute approximate surface area is 227 Å². The van der Waals surface area contributed by atoms with Crippen molar-refractivity contribution in [3.63, 3.8) is 0 Å². The third-order valence-electron chi connectivity index (χ3n) is 7.82. The fourth-order valence-corrected chi connectivity index (χ4v) is 6.60. The lowest BCUT2D eigenvalue weighted by Gasteiger charge is -2.34. The van der Waals surface area contributed by atoms with Gasteiger partial charge in [0.05, 0.1) is 5.41 Å². The van der Waals surface area contributed by atoms with Crippen LogP contribution in [0.2, 0.25) is 0 Å². The average Bonchev–Trinajstić information content (AvgIpc) is 3.85. The van der Waals surface area contributed by atoms with Crippen LogP contribution in [-0.2, 0) is 5.41 Å². The Morgan fingerprint density at radius 3 is 1.49 bits per heavy atom. The molecule has 2 heterocycles. The number of rotatable bonds is 8. The van der Waals surface area contributed by atoms with E-state index in [-0.39, 0.29) is 0 Å². The van der Waals surface area contributed by atoms with E-state index in [1.165, 1.54) is 56.0 Å². The number of aryl methyl sites for hydroxylation is 2. The van der Waals surface area contributed by atoms with Gasteiger partial charge in [-0.25, -0.2) is 0 Å². The smallest absolute Gasteiger partial charge is 0.122 e. The van der Waals surface area contributed by atoms with E-state index < -0.39 is 5.41 Å². The van der Waals surface area contributed by atoms with Crippen LogP contribution in [0.1, 0.15) is 33.4 Å². The SMILES string of the molecule is Cc1cc(C2(c3ccc(OCC4CS4)c(C)c3)c3ccccc3-c3ccccc32)ccc1OCC1CS1. The summed E-state index contributed by atoms with van der Waals surface area (Å²) in [5.41, 5.74) is 9.80. The molecule has 1 aliphatic carbocycles. The predicted octanol–water partition coefficient (Wildman–Crippen LogP) is 7.65. The summed E-state index contributed by atoms with van der Waals surface area (Å²) in [4.78, 5) is 0. The Kier molecular flexibility index (Phi) is 5.78. The van der Waals surface area contributed by atoms with Crippen LogP contribution in [-0.4, -0.2) is 35.2 Å². The van der Waals surface area contributed by atoms with E-state index >= 15 is 0 Å². The number of hydrogen-bond acceptors (Lipinski definition) is 4. The van der Waals surface area contributed by atoms with Crippen molar-refractivity contribution in [1.29, 1.82) is 0 Å². The van der Waals surface area contributed by atoms with Gasteiger partial charge in [-0.1, -0.05) is 72.8 Å². The molecule has 4 aromatic rings. The minimum Gasteiger partial charge on any atom is -0.492 e. The first-order chi connectivity index (χ1) is 18.1. The highest BCUT2D eigenvalue weighted by Gasteiger charge is 2.46. The molecule has 37 heavy (non-hydrogen) atoms. The largest absolute Gasteiger partial charge is 0.492 e. The van der Waals surface area contributed by atoms with Crippen molar-refractivity contribution >= 4 is 23.5 Å². The molecule has 0 amide bonds. The van der Waals surface area contributed by atoms with Gasteiger partial charge in [0.1, 0.15) is 24.7 Å². The third-order valence-corrected chi connectivity index (χ3v) is 9.70. The first kappa shape index (κ1) is 23.3. The minimum absolute atomic E-state index is 0.404. The molecule has 0 radical (unpaired) electrons. The van der Waals surface area contributed by atoms with Crippen LogP contribution >= 0.6 is 23.5 Å². The molecule has 2 unspecified atom stereocenters. The molecular weight excluding hydrogens is 492 g/mol. The number of ether oxygens (including phenoxy) is 2. The normalized spacial score (nSPS) is 20.2. The van der Waals surface area contributed by atoms with Gasteiger partial charge in [-0.3, -0.25) is 0 Å². The number of hydrogen-bond donors (Lipinski definition) is 0. The molecule has 2 atom stereocenters. The van der Waals surface area contributed by atoms with Crippen LogP contribution in [0.5, 0.6) is 11.5 Å². The van der Waals surface area contributed by atoms with Crippen LogP contribution in [0.3, 0.4) is 0 Å². The highest BCUT2D eigenvalue weighted by Crippen LogP contribution is 2.56. The van der Waals surface area contributed by atoms with Crippen LogP contribution in [0.25, 0.3) is 11.1 Å². The van der Waals surface area contributed by atoms with E-state index in [1.807, 2.05) is 23.5 Å². The monoisotopic (exact) mass is 522 g/mol. The van der Waals surface area contributed by atoms with Gasteiger partial charge >= 0.3 is 0 Å². The molecule has 0 spiro atoms. The molecular formula is C33H30O2S2. The fourth-order valence-electron chi connectivity index (χ4n) is 5.81. The summed E-state index contributed by atoms with van der Waals surface area (Å²) in [5, 5.41) is 1.31. The zero-order chi connectivity index (χ0) is 25.0. The minimum atomic E-state index is -0.404. The maximum atomic E-state index is 6.20. The molecule has 2 aliphatic heterocycles. The first-order valence-corrected chi connectivity index (χ1v) is 15.1. The van der Waals surface area contributed by atoms with Gasteiger partial charge in [0.25, 0.3) is 0 Å². The predicted molar refractivity (Wildman–Crippen MR) is 157 cm³/mol. The molecule has 0 saturated carbocycles. The van der Waals surface area contributed by atoms with Gasteiger partial charge in [0.2, 0.25) is 0 Å². The first-order valence-electron chi connectivity index (χ1n) is 13.0. The van der Waals surface area contributed by atoms with Crippen molar-refractivity contribution in [2.75, 3.05) is 24.7 Å². The van der Waals surface area contributed by atoms with Crippen molar-refractivity contribution in [2.45, 2.75) is 29.8 Å². The van der Waals surface area contributed by atoms with Crippen molar-refractivity contribution in [1.82, 2.24) is 0 Å². The van der Waals surface area contributed by atoms with Gasteiger partial charge in [-0.2, -0.15) is 23.5 Å². The van der Waals surface area contributed by atoms with Crippen molar-refractivity contribution < 1.29 is 9.47 Å². The van der Waals surface area contributed by atoms with E-state index in [4.69, 9.17) is 9.47 Å². The average molecular weight is 523 g/mol. The van der Waals surface area contributed by atoms with Crippen LogP contribution < -0.4 is 9.47 Å². The Balaban J connectivity index is 1.40. The molecule has 3 aliphatic rings. The summed E-state index contributed by atoms with van der Waals surface area (Å²) in [5.74, 6) is 4.41. The van der Waals surface area contributed by atoms with Crippen molar-refractivity contribution in [2.24, 2.45) is 0 Å². The van der Waals surface area contributed by atoms with Crippen LogP contribution in [0.4, 0.5) is 0 Å². The molecule has 7 rings (SSSR count). The second-order valence-electron chi connectivity index (χ2n) is 10.3. The van der Waals surface area contributed by atoms with Crippen LogP contribution in [0, 0.1) is 13.8 Å². The lowest BCUT2D eigenvalue weighted by Crippen LogP contribution is -2.29. The molecule has 0 N–H and O–H groups in total. The van der Waals surface area contributed by atoms with Gasteiger partial charge in [0, 0.05) is 22.0 Å². The maximum absolute atomic E-state index is 6.20. The zero-order valence-electron chi connectivity index (χ0n) is 21.2. The van der Waals surface area contributed by atoms with E-state index in [0.29, 0.717) is 10.5 Å². The second-order valence-corrected chi connectivity index (χ2v) is 13.0. The molecule has 2 nitrogen and oxygen atoms in total. The molecule has 2 saturated heterocycles. The summed E-state index contributed by atoms with van der Waals surface area (Å²) < 4.78 is 12.4. The lowest BCUT2D eigenvalue weighted by atomic mass is 9.67. The third kappa shape index (κ3) is 4.06. The summed E-state index contributed by atoms with van der Waals surface area (Å²) >= 11 is 3.95. The number of fused-ring (bicyclic) bond motifs is 3. The fraction of sp³-hybridized carbons (Fsp3) is 0.273. The standard InChI is InChI=1S/C33H30O2S2/c1-21-15-23(11-13-31(21)34-17-25-19-36-25)33(24-12-14-32(22(2)16-24)35-18-26-20-37-26)29-9-5-3-7-27(29)28-8-4-6-10-30(28)33/h3-16,25-26H,17-20H2,1-2H3. The number of benzene rings is 4. The molecule has 2 fully saturated rings. The Morgan fingerprint density at radius 2 is 1.08 bits per heavy atom. The van der Waals surface area contributed by atoms with Crippen LogP contribution in [0.15, 0.2) is 84.9 Å². The summed E-state index contributed by atoms with van der Waals surface area (Å²) in [6.07, 6.45) is 0. The van der Waals surface area contributed by atoms with Gasteiger partial charge in [0.15, 0.2) is 0 Å². The van der Waals surface area contributed by atoms with E-state index in [1.54, 1.807) is 0 Å². The van der Waals surface area contributed by atoms with Gasteiger partial charge < -0.3 is 9.47 Å². The Morgan fingerprint density at radius 1 is 0.649 bits per heavy atom. The quantitative estimate of drug-likeness (QED) is 0.195. The van der Waals surface area contributed by atoms with Gasteiger partial charge in [-0.15, -0.1) is 0 Å². The van der Waals surface area contributed by atoms with E-state index in [9.17, 15) is 0 Å². The zero-order valence-corrected chi connectivity index (χ0v) is 22.8. The summed E-state index contributed by atoms with van der Waals surface area (Å²) in [6, 6.07) is 31.4.